The number of carbonyl (C=O) groups excluding carboxylic acids is 1. The molecule has 1 saturated heterocycles. The molecule has 5 nitrogen and oxygen atoms in total. The molecule has 23 heavy (non-hydrogen) atoms. The van der Waals surface area contributed by atoms with Crippen molar-refractivity contribution in [2.24, 2.45) is 0 Å². The van der Waals surface area contributed by atoms with Crippen molar-refractivity contribution >= 4 is 23.4 Å². The third-order valence-corrected chi connectivity index (χ3v) is 4.94. The van der Waals surface area contributed by atoms with E-state index in [0.29, 0.717) is 24.3 Å². The first-order chi connectivity index (χ1) is 11.2. The minimum absolute atomic E-state index is 0.0355. The number of carbonyl (C=O) groups is 1. The van der Waals surface area contributed by atoms with Crippen LogP contribution in [0.3, 0.4) is 0 Å². The first kappa shape index (κ1) is 15.7. The predicted molar refractivity (Wildman–Crippen MR) is 91.9 cm³/mol. The highest BCUT2D eigenvalue weighted by Crippen LogP contribution is 2.38. The fourth-order valence-corrected chi connectivity index (χ4v) is 3.52. The van der Waals surface area contributed by atoms with E-state index in [-0.39, 0.29) is 11.7 Å². The Balaban J connectivity index is 1.88. The Hall–Kier alpha value is -2.18. The Kier molecular flexibility index (Phi) is 4.73. The van der Waals surface area contributed by atoms with E-state index in [0.717, 1.165) is 22.9 Å². The summed E-state index contributed by atoms with van der Waals surface area (Å²) in [7, 11) is 0. The molecule has 0 bridgehead atoms. The van der Waals surface area contributed by atoms with E-state index >= 15 is 0 Å². The van der Waals surface area contributed by atoms with Crippen LogP contribution in [0.2, 0.25) is 0 Å². The smallest absolute Gasteiger partial charge is 0.255 e. The Bertz CT molecular complexity index is 715. The molecule has 2 aromatic rings. The van der Waals surface area contributed by atoms with Crippen LogP contribution in [-0.2, 0) is 0 Å². The van der Waals surface area contributed by atoms with Crippen LogP contribution in [0.4, 0.5) is 5.69 Å². The topological polar surface area (TPSA) is 78.6 Å². The molecule has 1 amide bonds. The molecule has 6 heteroatoms. The number of amides is 1. The van der Waals surface area contributed by atoms with Crippen molar-refractivity contribution in [3.05, 3.63) is 48.0 Å². The molecule has 0 aliphatic carbocycles. The molecule has 1 aliphatic rings. The number of nitrogens with two attached hydrogens (primary N) is 1. The van der Waals surface area contributed by atoms with Crippen molar-refractivity contribution < 1.29 is 9.90 Å². The van der Waals surface area contributed by atoms with Crippen LogP contribution in [0.5, 0.6) is 5.75 Å². The molecule has 3 rings (SSSR count). The first-order valence-corrected chi connectivity index (χ1v) is 8.33. The maximum atomic E-state index is 12.8. The number of benzene rings is 2. The van der Waals surface area contributed by atoms with Crippen LogP contribution in [-0.4, -0.2) is 42.1 Å². The van der Waals surface area contributed by atoms with Crippen LogP contribution >= 0.6 is 11.8 Å². The van der Waals surface area contributed by atoms with Gasteiger partial charge in [0.05, 0.1) is 11.3 Å². The quantitative estimate of drug-likeness (QED) is 0.594. The van der Waals surface area contributed by atoms with Gasteiger partial charge in [0.1, 0.15) is 5.75 Å². The SMILES string of the molecule is Nc1c(O)cccc1Sc1ccccc1C(=O)N1CCNCC1. The molecule has 1 aliphatic heterocycles. The van der Waals surface area contributed by atoms with Gasteiger partial charge < -0.3 is 21.1 Å². The highest BCUT2D eigenvalue weighted by atomic mass is 32.2. The highest BCUT2D eigenvalue weighted by Gasteiger charge is 2.21. The number of phenols is 1. The van der Waals surface area contributed by atoms with E-state index in [9.17, 15) is 9.90 Å². The van der Waals surface area contributed by atoms with E-state index in [4.69, 9.17) is 5.73 Å². The zero-order valence-corrected chi connectivity index (χ0v) is 13.5. The fourth-order valence-electron chi connectivity index (χ4n) is 2.51. The Morgan fingerprint density at radius 1 is 1.09 bits per heavy atom. The van der Waals surface area contributed by atoms with Gasteiger partial charge in [0.25, 0.3) is 5.91 Å². The second-order valence-corrected chi connectivity index (χ2v) is 6.41. The van der Waals surface area contributed by atoms with Gasteiger partial charge in [0, 0.05) is 36.0 Å². The number of nitrogens with zero attached hydrogens (tertiary/aromatic N) is 1. The van der Waals surface area contributed by atoms with Crippen LogP contribution in [0.25, 0.3) is 0 Å². The van der Waals surface area contributed by atoms with Gasteiger partial charge >= 0.3 is 0 Å². The second-order valence-electron chi connectivity index (χ2n) is 5.33. The predicted octanol–water partition coefficient (Wildman–Crippen LogP) is 2.17. The molecule has 0 atom stereocenters. The lowest BCUT2D eigenvalue weighted by atomic mass is 10.2. The molecule has 4 N–H and O–H groups in total. The van der Waals surface area contributed by atoms with Crippen molar-refractivity contribution in [3.63, 3.8) is 0 Å². The zero-order valence-electron chi connectivity index (χ0n) is 12.7. The van der Waals surface area contributed by atoms with E-state index < -0.39 is 0 Å². The van der Waals surface area contributed by atoms with Crippen molar-refractivity contribution in [3.8, 4) is 5.75 Å². The summed E-state index contributed by atoms with van der Waals surface area (Å²) in [4.78, 5) is 16.2. The molecule has 0 unspecified atom stereocenters. The normalized spacial score (nSPS) is 14.7. The number of nitrogens with one attached hydrogen (secondary N) is 1. The molecule has 0 aromatic heterocycles. The van der Waals surface area contributed by atoms with Crippen molar-refractivity contribution in [1.82, 2.24) is 10.2 Å². The lowest BCUT2D eigenvalue weighted by Crippen LogP contribution is -2.46. The number of hydrogen-bond acceptors (Lipinski definition) is 5. The minimum atomic E-state index is 0.0355. The van der Waals surface area contributed by atoms with Crippen LogP contribution in [0.15, 0.2) is 52.3 Å². The minimum Gasteiger partial charge on any atom is -0.506 e. The van der Waals surface area contributed by atoms with Gasteiger partial charge in [0.2, 0.25) is 0 Å². The highest BCUT2D eigenvalue weighted by molar-refractivity contribution is 7.99. The van der Waals surface area contributed by atoms with Gasteiger partial charge in [-0.05, 0) is 24.3 Å². The average molecular weight is 329 g/mol. The summed E-state index contributed by atoms with van der Waals surface area (Å²) in [5, 5.41) is 13.0. The van der Waals surface area contributed by atoms with Gasteiger partial charge in [0.15, 0.2) is 0 Å². The summed E-state index contributed by atoms with van der Waals surface area (Å²) in [5.41, 5.74) is 6.93. The van der Waals surface area contributed by atoms with E-state index in [1.54, 1.807) is 12.1 Å². The first-order valence-electron chi connectivity index (χ1n) is 7.51. The molecule has 1 heterocycles. The number of para-hydroxylation sites is 1. The number of hydrogen-bond donors (Lipinski definition) is 3. The van der Waals surface area contributed by atoms with E-state index in [1.165, 1.54) is 11.8 Å². The van der Waals surface area contributed by atoms with Crippen molar-refractivity contribution in [1.29, 1.82) is 0 Å². The summed E-state index contributed by atoms with van der Waals surface area (Å²) in [6, 6.07) is 12.6. The number of phenolic OH excluding ortho intramolecular Hbond substituents is 1. The molecular weight excluding hydrogens is 310 g/mol. The standard InChI is InChI=1S/C17H19N3O2S/c18-16-13(21)5-3-7-15(16)23-14-6-2-1-4-12(14)17(22)20-10-8-19-9-11-20/h1-7,19,21H,8-11,18H2. The summed E-state index contributed by atoms with van der Waals surface area (Å²) in [6.07, 6.45) is 0. The number of aromatic hydroxyl groups is 1. The molecule has 0 saturated carbocycles. The lowest BCUT2D eigenvalue weighted by Gasteiger charge is -2.28. The van der Waals surface area contributed by atoms with Gasteiger partial charge in [-0.1, -0.05) is 30.0 Å². The largest absolute Gasteiger partial charge is 0.506 e. The third-order valence-electron chi connectivity index (χ3n) is 3.78. The maximum absolute atomic E-state index is 12.8. The van der Waals surface area contributed by atoms with Gasteiger partial charge in [-0.3, -0.25) is 4.79 Å². The van der Waals surface area contributed by atoms with Crippen LogP contribution < -0.4 is 11.1 Å². The summed E-state index contributed by atoms with van der Waals surface area (Å²) < 4.78 is 0. The molecular formula is C17H19N3O2S. The van der Waals surface area contributed by atoms with Crippen LogP contribution in [0, 0.1) is 0 Å². The van der Waals surface area contributed by atoms with Crippen molar-refractivity contribution in [2.75, 3.05) is 31.9 Å². The summed E-state index contributed by atoms with van der Waals surface area (Å²) in [6.45, 7) is 3.07. The Morgan fingerprint density at radius 2 is 1.78 bits per heavy atom. The monoisotopic (exact) mass is 329 g/mol. The molecule has 120 valence electrons. The number of nitrogen functional groups attached to an aromatic ring is 1. The van der Waals surface area contributed by atoms with Crippen LogP contribution in [0.1, 0.15) is 10.4 Å². The maximum Gasteiger partial charge on any atom is 0.255 e. The van der Waals surface area contributed by atoms with E-state index in [1.807, 2.05) is 35.2 Å². The zero-order chi connectivity index (χ0) is 16.2. The average Bonchev–Trinajstić information content (AvgIpc) is 2.60. The van der Waals surface area contributed by atoms with Crippen molar-refractivity contribution in [2.45, 2.75) is 9.79 Å². The van der Waals surface area contributed by atoms with Gasteiger partial charge in [-0.2, -0.15) is 0 Å². The van der Waals surface area contributed by atoms with Gasteiger partial charge in [-0.15, -0.1) is 0 Å². The third kappa shape index (κ3) is 3.43. The molecule has 0 radical (unpaired) electrons. The molecule has 0 spiro atoms. The number of anilines is 1. The Labute approximate surface area is 139 Å². The lowest BCUT2D eigenvalue weighted by molar-refractivity contribution is 0.0732. The Morgan fingerprint density at radius 3 is 2.57 bits per heavy atom. The number of rotatable bonds is 3. The second kappa shape index (κ2) is 6.93. The fraction of sp³-hybridized carbons (Fsp3) is 0.235. The van der Waals surface area contributed by atoms with E-state index in [2.05, 4.69) is 5.32 Å². The van der Waals surface area contributed by atoms with Gasteiger partial charge in [-0.25, -0.2) is 0 Å². The summed E-state index contributed by atoms with van der Waals surface area (Å²) >= 11 is 1.40. The molecule has 2 aromatic carbocycles. The molecule has 1 fully saturated rings. The number of piperazine rings is 1. The summed E-state index contributed by atoms with van der Waals surface area (Å²) in [5.74, 6) is 0.0919.